The van der Waals surface area contributed by atoms with Gasteiger partial charge in [-0.3, -0.25) is 9.10 Å². The number of anilines is 1. The van der Waals surface area contributed by atoms with E-state index in [0.717, 1.165) is 9.87 Å². The Morgan fingerprint density at radius 1 is 1.08 bits per heavy atom. The second-order valence-corrected chi connectivity index (χ2v) is 7.86. The Hall–Kier alpha value is -1.76. The van der Waals surface area contributed by atoms with Crippen LogP contribution in [0, 0.1) is 6.92 Å². The highest BCUT2D eigenvalue weighted by molar-refractivity contribution is 7.92. The SMILES string of the molecule is CNC(=O)CN(c1cc(Cl)cc(Cl)c1)S(=O)(=O)c1ccc(C)cc1. The van der Waals surface area contributed by atoms with Crippen molar-refractivity contribution in [1.82, 2.24) is 5.32 Å². The molecule has 0 spiro atoms. The molecule has 2 aromatic carbocycles. The Morgan fingerprint density at radius 3 is 2.12 bits per heavy atom. The van der Waals surface area contributed by atoms with E-state index >= 15 is 0 Å². The number of sulfonamides is 1. The van der Waals surface area contributed by atoms with E-state index in [1.165, 1.54) is 37.4 Å². The molecule has 2 aromatic rings. The van der Waals surface area contributed by atoms with Crippen LogP contribution in [0.2, 0.25) is 10.0 Å². The lowest BCUT2D eigenvalue weighted by atomic mass is 10.2. The van der Waals surface area contributed by atoms with Gasteiger partial charge in [-0.1, -0.05) is 40.9 Å². The quantitative estimate of drug-likeness (QED) is 0.857. The van der Waals surface area contributed by atoms with Crippen LogP contribution >= 0.6 is 23.2 Å². The van der Waals surface area contributed by atoms with Crippen LogP contribution in [-0.2, 0) is 14.8 Å². The molecule has 0 bridgehead atoms. The molecule has 0 aliphatic heterocycles. The van der Waals surface area contributed by atoms with E-state index < -0.39 is 15.9 Å². The van der Waals surface area contributed by atoms with Gasteiger partial charge in [-0.25, -0.2) is 8.42 Å². The summed E-state index contributed by atoms with van der Waals surface area (Å²) in [7, 11) is -2.52. The molecule has 0 heterocycles. The van der Waals surface area contributed by atoms with E-state index in [1.807, 2.05) is 6.92 Å². The highest BCUT2D eigenvalue weighted by atomic mass is 35.5. The van der Waals surface area contributed by atoms with Crippen molar-refractivity contribution in [3.05, 3.63) is 58.1 Å². The van der Waals surface area contributed by atoms with Gasteiger partial charge in [0, 0.05) is 17.1 Å². The summed E-state index contributed by atoms with van der Waals surface area (Å²) in [4.78, 5) is 11.9. The molecule has 8 heteroatoms. The predicted molar refractivity (Wildman–Crippen MR) is 96.2 cm³/mol. The number of carbonyl (C=O) groups is 1. The van der Waals surface area contributed by atoms with Gasteiger partial charge in [-0.2, -0.15) is 0 Å². The summed E-state index contributed by atoms with van der Waals surface area (Å²) < 4.78 is 26.9. The van der Waals surface area contributed by atoms with Gasteiger partial charge in [0.25, 0.3) is 10.0 Å². The average Bonchev–Trinajstić information content (AvgIpc) is 2.51. The zero-order chi connectivity index (χ0) is 17.9. The maximum atomic E-state index is 13.0. The largest absolute Gasteiger partial charge is 0.358 e. The number of carbonyl (C=O) groups excluding carboxylic acids is 1. The number of benzene rings is 2. The molecule has 24 heavy (non-hydrogen) atoms. The number of aryl methyl sites for hydroxylation is 1. The van der Waals surface area contributed by atoms with Crippen LogP contribution in [0.25, 0.3) is 0 Å². The lowest BCUT2D eigenvalue weighted by Crippen LogP contribution is -2.39. The van der Waals surface area contributed by atoms with Crippen molar-refractivity contribution in [2.45, 2.75) is 11.8 Å². The summed E-state index contributed by atoms with van der Waals surface area (Å²) >= 11 is 12.0. The number of likely N-dealkylation sites (N-methyl/N-ethyl adjacent to an activating group) is 1. The van der Waals surface area contributed by atoms with Crippen LogP contribution in [-0.4, -0.2) is 27.9 Å². The maximum Gasteiger partial charge on any atom is 0.264 e. The van der Waals surface area contributed by atoms with Crippen molar-refractivity contribution < 1.29 is 13.2 Å². The van der Waals surface area contributed by atoms with Crippen molar-refractivity contribution in [1.29, 1.82) is 0 Å². The molecule has 0 radical (unpaired) electrons. The minimum absolute atomic E-state index is 0.0769. The number of rotatable bonds is 5. The predicted octanol–water partition coefficient (Wildman–Crippen LogP) is 3.24. The van der Waals surface area contributed by atoms with Crippen molar-refractivity contribution in [3.63, 3.8) is 0 Å². The fraction of sp³-hybridized carbons (Fsp3) is 0.188. The fourth-order valence-corrected chi connectivity index (χ4v) is 3.96. The van der Waals surface area contributed by atoms with Gasteiger partial charge >= 0.3 is 0 Å². The Balaban J connectivity index is 2.56. The van der Waals surface area contributed by atoms with E-state index in [2.05, 4.69) is 5.32 Å². The van der Waals surface area contributed by atoms with Gasteiger partial charge in [0.1, 0.15) is 6.54 Å². The molecule has 0 unspecified atom stereocenters. The number of hydrogen-bond acceptors (Lipinski definition) is 3. The minimum atomic E-state index is -3.95. The van der Waals surface area contributed by atoms with Crippen LogP contribution in [0.15, 0.2) is 47.4 Å². The van der Waals surface area contributed by atoms with Gasteiger partial charge in [0.05, 0.1) is 10.6 Å². The first-order chi connectivity index (χ1) is 11.2. The van der Waals surface area contributed by atoms with Crippen LogP contribution < -0.4 is 9.62 Å². The van der Waals surface area contributed by atoms with Gasteiger partial charge < -0.3 is 5.32 Å². The van der Waals surface area contributed by atoms with E-state index in [0.29, 0.717) is 0 Å². The lowest BCUT2D eigenvalue weighted by Gasteiger charge is -2.24. The Morgan fingerprint density at radius 2 is 1.62 bits per heavy atom. The lowest BCUT2D eigenvalue weighted by molar-refractivity contribution is -0.119. The topological polar surface area (TPSA) is 66.5 Å². The first kappa shape index (κ1) is 18.6. The van der Waals surface area contributed by atoms with E-state index in [9.17, 15) is 13.2 Å². The molecule has 5 nitrogen and oxygen atoms in total. The molecule has 1 amide bonds. The molecule has 0 aromatic heterocycles. The highest BCUT2D eigenvalue weighted by Crippen LogP contribution is 2.29. The number of hydrogen-bond donors (Lipinski definition) is 1. The zero-order valence-corrected chi connectivity index (χ0v) is 15.4. The molecule has 0 saturated heterocycles. The number of nitrogens with zero attached hydrogens (tertiary/aromatic N) is 1. The summed E-state index contributed by atoms with van der Waals surface area (Å²) in [5.74, 6) is -0.457. The third-order valence-electron chi connectivity index (χ3n) is 3.31. The summed E-state index contributed by atoms with van der Waals surface area (Å²) in [5.41, 5.74) is 1.15. The fourth-order valence-electron chi connectivity index (χ4n) is 2.05. The van der Waals surface area contributed by atoms with Gasteiger partial charge in [-0.05, 0) is 37.3 Å². The monoisotopic (exact) mass is 386 g/mol. The maximum absolute atomic E-state index is 13.0. The molecule has 0 fully saturated rings. The van der Waals surface area contributed by atoms with E-state index in [4.69, 9.17) is 23.2 Å². The second-order valence-electron chi connectivity index (χ2n) is 5.13. The van der Waals surface area contributed by atoms with Crippen molar-refractivity contribution in [2.24, 2.45) is 0 Å². The van der Waals surface area contributed by atoms with Gasteiger partial charge in [0.2, 0.25) is 5.91 Å². The van der Waals surface area contributed by atoms with Crippen LogP contribution in [0.3, 0.4) is 0 Å². The van der Waals surface area contributed by atoms with Crippen LogP contribution in [0.4, 0.5) is 5.69 Å². The number of halogens is 2. The minimum Gasteiger partial charge on any atom is -0.358 e. The van der Waals surface area contributed by atoms with Crippen molar-refractivity contribution in [2.75, 3.05) is 17.9 Å². The van der Waals surface area contributed by atoms with E-state index in [1.54, 1.807) is 12.1 Å². The highest BCUT2D eigenvalue weighted by Gasteiger charge is 2.27. The average molecular weight is 387 g/mol. The third-order valence-corrected chi connectivity index (χ3v) is 5.53. The second kappa shape index (κ2) is 7.42. The first-order valence-electron chi connectivity index (χ1n) is 7.00. The normalized spacial score (nSPS) is 11.2. The summed E-state index contributed by atoms with van der Waals surface area (Å²) in [6.07, 6.45) is 0. The third kappa shape index (κ3) is 4.20. The van der Waals surface area contributed by atoms with Crippen molar-refractivity contribution in [3.8, 4) is 0 Å². The van der Waals surface area contributed by atoms with Crippen molar-refractivity contribution >= 4 is 44.8 Å². The van der Waals surface area contributed by atoms with Crippen LogP contribution in [0.5, 0.6) is 0 Å². The molecular formula is C16H16Cl2N2O3S. The zero-order valence-electron chi connectivity index (χ0n) is 13.1. The van der Waals surface area contributed by atoms with Gasteiger partial charge in [-0.15, -0.1) is 0 Å². The van der Waals surface area contributed by atoms with E-state index in [-0.39, 0.29) is 27.2 Å². The Bertz CT molecular complexity index is 832. The molecular weight excluding hydrogens is 371 g/mol. The smallest absolute Gasteiger partial charge is 0.264 e. The Kier molecular flexibility index (Phi) is 5.74. The first-order valence-corrected chi connectivity index (χ1v) is 9.19. The summed E-state index contributed by atoms with van der Waals surface area (Å²) in [6.45, 7) is 1.47. The summed E-state index contributed by atoms with van der Waals surface area (Å²) in [5, 5.41) is 2.97. The molecule has 2 rings (SSSR count). The molecule has 0 saturated carbocycles. The molecule has 0 aliphatic rings. The molecule has 0 atom stereocenters. The Labute approximate surface area is 151 Å². The summed E-state index contributed by atoms with van der Waals surface area (Å²) in [6, 6.07) is 10.8. The van der Waals surface area contributed by atoms with Gasteiger partial charge in [0.15, 0.2) is 0 Å². The molecule has 128 valence electrons. The number of amides is 1. The molecule has 0 aliphatic carbocycles. The standard InChI is InChI=1S/C16H16Cl2N2O3S/c1-11-3-5-15(6-4-11)24(22,23)20(10-16(21)19-2)14-8-12(17)7-13(18)9-14/h3-9H,10H2,1-2H3,(H,19,21). The molecule has 1 N–H and O–H groups in total. The number of nitrogens with one attached hydrogen (secondary N) is 1. The van der Waals surface area contributed by atoms with Crippen LogP contribution in [0.1, 0.15) is 5.56 Å².